The Labute approximate surface area is 130 Å². The van der Waals surface area contributed by atoms with Crippen LogP contribution in [0.5, 0.6) is 0 Å². The van der Waals surface area contributed by atoms with Gasteiger partial charge in [-0.05, 0) is 42.8 Å². The Hall–Kier alpha value is -1.33. The van der Waals surface area contributed by atoms with Crippen molar-refractivity contribution in [2.24, 2.45) is 0 Å². The first-order chi connectivity index (χ1) is 10.0. The predicted molar refractivity (Wildman–Crippen MR) is 80.6 cm³/mol. The van der Waals surface area contributed by atoms with Crippen LogP contribution in [0.15, 0.2) is 40.9 Å². The second-order valence-electron chi connectivity index (χ2n) is 4.72. The molecule has 0 amide bonds. The van der Waals surface area contributed by atoms with E-state index in [2.05, 4.69) is 21.2 Å². The van der Waals surface area contributed by atoms with Gasteiger partial charge in [-0.1, -0.05) is 28.9 Å². The number of rotatable bonds is 5. The average molecular weight is 358 g/mol. The SMILES string of the molecule is CCNC(Cc1ccc(F)cc1F)c1cc(Br)ccc1F. The Balaban J connectivity index is 2.32. The van der Waals surface area contributed by atoms with Crippen LogP contribution in [0.4, 0.5) is 13.2 Å². The largest absolute Gasteiger partial charge is 0.310 e. The van der Waals surface area contributed by atoms with Gasteiger partial charge in [-0.15, -0.1) is 0 Å². The molecule has 0 bridgehead atoms. The number of hydrogen-bond donors (Lipinski definition) is 1. The summed E-state index contributed by atoms with van der Waals surface area (Å²) < 4.78 is 41.5. The monoisotopic (exact) mass is 357 g/mol. The molecule has 21 heavy (non-hydrogen) atoms. The lowest BCUT2D eigenvalue weighted by atomic mass is 9.98. The molecule has 0 aliphatic heterocycles. The predicted octanol–water partition coefficient (Wildman–Crippen LogP) is 4.76. The molecule has 1 nitrogen and oxygen atoms in total. The van der Waals surface area contributed by atoms with E-state index in [1.54, 1.807) is 12.1 Å². The summed E-state index contributed by atoms with van der Waals surface area (Å²) in [6.45, 7) is 2.50. The molecule has 0 aliphatic carbocycles. The lowest BCUT2D eigenvalue weighted by Gasteiger charge is -2.20. The van der Waals surface area contributed by atoms with E-state index in [0.29, 0.717) is 17.7 Å². The fourth-order valence-electron chi connectivity index (χ4n) is 2.23. The molecule has 2 rings (SSSR count). The molecule has 0 aliphatic rings. The highest BCUT2D eigenvalue weighted by molar-refractivity contribution is 9.10. The number of benzene rings is 2. The van der Waals surface area contributed by atoms with Crippen molar-refractivity contribution < 1.29 is 13.2 Å². The Morgan fingerprint density at radius 3 is 2.48 bits per heavy atom. The molecule has 2 aromatic rings. The van der Waals surface area contributed by atoms with Crippen LogP contribution in [0.1, 0.15) is 24.1 Å². The summed E-state index contributed by atoms with van der Waals surface area (Å²) in [7, 11) is 0. The van der Waals surface area contributed by atoms with Crippen LogP contribution in [-0.4, -0.2) is 6.54 Å². The smallest absolute Gasteiger partial charge is 0.129 e. The van der Waals surface area contributed by atoms with Crippen molar-refractivity contribution in [1.82, 2.24) is 5.32 Å². The van der Waals surface area contributed by atoms with Crippen LogP contribution in [0.3, 0.4) is 0 Å². The van der Waals surface area contributed by atoms with Crippen molar-refractivity contribution in [3.8, 4) is 0 Å². The van der Waals surface area contributed by atoms with Gasteiger partial charge in [0, 0.05) is 22.1 Å². The normalized spacial score (nSPS) is 12.4. The second kappa shape index (κ2) is 7.09. The van der Waals surface area contributed by atoms with Crippen LogP contribution >= 0.6 is 15.9 Å². The molecule has 0 saturated heterocycles. The zero-order chi connectivity index (χ0) is 15.4. The summed E-state index contributed by atoms with van der Waals surface area (Å²) in [5.41, 5.74) is 0.802. The maximum atomic E-state index is 14.0. The molecule has 1 N–H and O–H groups in total. The van der Waals surface area contributed by atoms with Gasteiger partial charge < -0.3 is 5.32 Å². The summed E-state index contributed by atoms with van der Waals surface area (Å²) in [4.78, 5) is 0. The highest BCUT2D eigenvalue weighted by atomic mass is 79.9. The fraction of sp³-hybridized carbons (Fsp3) is 0.250. The summed E-state index contributed by atoms with van der Waals surface area (Å²) in [6.07, 6.45) is 0.243. The average Bonchev–Trinajstić information content (AvgIpc) is 2.44. The Morgan fingerprint density at radius 2 is 1.81 bits per heavy atom. The van der Waals surface area contributed by atoms with Gasteiger partial charge in [0.25, 0.3) is 0 Å². The lowest BCUT2D eigenvalue weighted by molar-refractivity contribution is 0.495. The summed E-state index contributed by atoms with van der Waals surface area (Å²) in [5.74, 6) is -1.59. The summed E-state index contributed by atoms with van der Waals surface area (Å²) in [6, 6.07) is 7.71. The van der Waals surface area contributed by atoms with Crippen molar-refractivity contribution in [1.29, 1.82) is 0 Å². The Bertz CT molecular complexity index is 631. The molecular weight excluding hydrogens is 343 g/mol. The molecule has 0 spiro atoms. The van der Waals surface area contributed by atoms with Gasteiger partial charge in [0.05, 0.1) is 0 Å². The van der Waals surface area contributed by atoms with Gasteiger partial charge in [-0.3, -0.25) is 0 Å². The molecule has 1 atom stereocenters. The maximum Gasteiger partial charge on any atom is 0.129 e. The third-order valence-electron chi connectivity index (χ3n) is 3.22. The maximum absolute atomic E-state index is 14.0. The van der Waals surface area contributed by atoms with E-state index >= 15 is 0 Å². The number of nitrogens with one attached hydrogen (secondary N) is 1. The first-order valence-corrected chi connectivity index (χ1v) is 7.42. The van der Waals surface area contributed by atoms with Crippen molar-refractivity contribution >= 4 is 15.9 Å². The Kier molecular flexibility index (Phi) is 5.42. The first kappa shape index (κ1) is 16.0. The highest BCUT2D eigenvalue weighted by Crippen LogP contribution is 2.25. The minimum Gasteiger partial charge on any atom is -0.310 e. The molecule has 5 heteroatoms. The van der Waals surface area contributed by atoms with E-state index in [1.165, 1.54) is 18.2 Å². The van der Waals surface area contributed by atoms with E-state index in [4.69, 9.17) is 0 Å². The van der Waals surface area contributed by atoms with Crippen molar-refractivity contribution in [3.63, 3.8) is 0 Å². The van der Waals surface area contributed by atoms with Crippen molar-refractivity contribution in [2.75, 3.05) is 6.54 Å². The molecule has 0 radical (unpaired) electrons. The number of halogens is 4. The summed E-state index contributed by atoms with van der Waals surface area (Å²) in [5, 5.41) is 3.14. The van der Waals surface area contributed by atoms with Crippen LogP contribution in [0, 0.1) is 17.5 Å². The van der Waals surface area contributed by atoms with Gasteiger partial charge in [0.15, 0.2) is 0 Å². The van der Waals surface area contributed by atoms with Crippen molar-refractivity contribution in [3.05, 3.63) is 69.4 Å². The van der Waals surface area contributed by atoms with Crippen LogP contribution in [0.2, 0.25) is 0 Å². The van der Waals surface area contributed by atoms with E-state index < -0.39 is 11.6 Å². The molecular formula is C16H15BrF3N. The van der Waals surface area contributed by atoms with Crippen LogP contribution in [0.25, 0.3) is 0 Å². The first-order valence-electron chi connectivity index (χ1n) is 6.63. The topological polar surface area (TPSA) is 12.0 Å². The highest BCUT2D eigenvalue weighted by Gasteiger charge is 2.18. The van der Waals surface area contributed by atoms with Gasteiger partial charge in [-0.25, -0.2) is 13.2 Å². The van der Waals surface area contributed by atoms with Gasteiger partial charge >= 0.3 is 0 Å². The Morgan fingerprint density at radius 1 is 1.05 bits per heavy atom. The third-order valence-corrected chi connectivity index (χ3v) is 3.72. The molecule has 0 aromatic heterocycles. The van der Waals surface area contributed by atoms with E-state index in [1.807, 2.05) is 6.92 Å². The van der Waals surface area contributed by atoms with Crippen LogP contribution in [-0.2, 0) is 6.42 Å². The molecule has 0 saturated carbocycles. The zero-order valence-electron chi connectivity index (χ0n) is 11.5. The van der Waals surface area contributed by atoms with E-state index in [0.717, 1.165) is 10.5 Å². The fourth-order valence-corrected chi connectivity index (χ4v) is 2.61. The minimum absolute atomic E-state index is 0.243. The van der Waals surface area contributed by atoms with E-state index in [-0.39, 0.29) is 18.3 Å². The van der Waals surface area contributed by atoms with Gasteiger partial charge in [0.1, 0.15) is 17.5 Å². The van der Waals surface area contributed by atoms with Gasteiger partial charge in [0.2, 0.25) is 0 Å². The number of hydrogen-bond acceptors (Lipinski definition) is 1. The van der Waals surface area contributed by atoms with Crippen molar-refractivity contribution in [2.45, 2.75) is 19.4 Å². The number of likely N-dealkylation sites (N-methyl/N-ethyl adjacent to an activating group) is 1. The molecule has 0 fully saturated rings. The quantitative estimate of drug-likeness (QED) is 0.813. The lowest BCUT2D eigenvalue weighted by Crippen LogP contribution is -2.24. The summed E-state index contributed by atoms with van der Waals surface area (Å²) >= 11 is 3.31. The van der Waals surface area contributed by atoms with Crippen LogP contribution < -0.4 is 5.32 Å². The molecule has 112 valence electrons. The standard InChI is InChI=1S/C16H15BrF3N/c1-2-21-16(13-8-11(17)4-6-14(13)19)7-10-3-5-12(18)9-15(10)20/h3-6,8-9,16,21H,2,7H2,1H3. The molecule has 0 heterocycles. The molecule has 1 unspecified atom stereocenters. The zero-order valence-corrected chi connectivity index (χ0v) is 13.1. The van der Waals surface area contributed by atoms with Gasteiger partial charge in [-0.2, -0.15) is 0 Å². The molecule has 2 aromatic carbocycles. The third kappa shape index (κ3) is 4.08. The van der Waals surface area contributed by atoms with E-state index in [9.17, 15) is 13.2 Å². The minimum atomic E-state index is -0.620. The second-order valence-corrected chi connectivity index (χ2v) is 5.63.